The molecule has 0 aliphatic rings. The Morgan fingerprint density at radius 1 is 1.06 bits per heavy atom. The summed E-state index contributed by atoms with van der Waals surface area (Å²) in [5.74, 6) is -2.14. The Morgan fingerprint density at radius 2 is 1.78 bits per heavy atom. The van der Waals surface area contributed by atoms with Crippen LogP contribution in [0.2, 0.25) is 0 Å². The SMILES string of the molecule is CCCCCCCCC/C=C/CC(CC(=O)O)C(=O)OCCNc1ccccc1CCO. The van der Waals surface area contributed by atoms with Gasteiger partial charge in [0.05, 0.1) is 12.3 Å². The van der Waals surface area contributed by atoms with Crippen LogP contribution in [0, 0.1) is 5.92 Å². The standard InChI is InChI=1S/C26H41NO5/c1-2-3-4-5-6-7-8-9-10-11-15-23(21-25(29)30)26(31)32-20-18-27-24-16-13-12-14-22(24)17-19-28/h10-14,16,23,27-28H,2-9,15,17-21H2,1H3,(H,29,30)/b11-10+. The van der Waals surface area contributed by atoms with Crippen molar-refractivity contribution in [1.29, 1.82) is 0 Å². The molecule has 1 unspecified atom stereocenters. The molecule has 1 rings (SSSR count). The lowest BCUT2D eigenvalue weighted by Gasteiger charge is -2.14. The number of aliphatic hydroxyl groups is 1. The Kier molecular flexibility index (Phi) is 15.8. The minimum absolute atomic E-state index is 0.0665. The van der Waals surface area contributed by atoms with Crippen LogP contribution in [0.1, 0.15) is 76.7 Å². The number of benzene rings is 1. The minimum Gasteiger partial charge on any atom is -0.481 e. The Labute approximate surface area is 193 Å². The molecule has 0 amide bonds. The van der Waals surface area contributed by atoms with E-state index in [1.807, 2.05) is 36.4 Å². The van der Waals surface area contributed by atoms with E-state index in [9.17, 15) is 9.59 Å². The number of esters is 1. The predicted molar refractivity (Wildman–Crippen MR) is 129 cm³/mol. The third kappa shape index (κ3) is 13.2. The number of ether oxygens (including phenoxy) is 1. The number of carbonyl (C=O) groups is 2. The van der Waals surface area contributed by atoms with Crippen molar-refractivity contribution in [3.8, 4) is 0 Å². The van der Waals surface area contributed by atoms with Gasteiger partial charge in [-0.2, -0.15) is 0 Å². The summed E-state index contributed by atoms with van der Waals surface area (Å²) in [6.07, 6.45) is 14.4. The highest BCUT2D eigenvalue weighted by atomic mass is 16.5. The summed E-state index contributed by atoms with van der Waals surface area (Å²) in [4.78, 5) is 23.5. The number of aliphatic carboxylic acids is 1. The van der Waals surface area contributed by atoms with Crippen LogP contribution in [0.4, 0.5) is 5.69 Å². The Bertz CT molecular complexity index is 674. The Morgan fingerprint density at radius 3 is 2.50 bits per heavy atom. The van der Waals surface area contributed by atoms with Crippen LogP contribution >= 0.6 is 0 Å². The highest BCUT2D eigenvalue weighted by Crippen LogP contribution is 2.16. The molecule has 0 saturated heterocycles. The zero-order valence-electron chi connectivity index (χ0n) is 19.6. The topological polar surface area (TPSA) is 95.9 Å². The number of carbonyl (C=O) groups excluding carboxylic acids is 1. The molecule has 3 N–H and O–H groups in total. The van der Waals surface area contributed by atoms with E-state index in [0.29, 0.717) is 19.4 Å². The van der Waals surface area contributed by atoms with Crippen molar-refractivity contribution in [2.24, 2.45) is 5.92 Å². The van der Waals surface area contributed by atoms with Crippen molar-refractivity contribution >= 4 is 17.6 Å². The lowest BCUT2D eigenvalue weighted by atomic mass is 10.0. The molecule has 0 heterocycles. The predicted octanol–water partition coefficient (Wildman–Crippen LogP) is 5.35. The van der Waals surface area contributed by atoms with Gasteiger partial charge in [-0.05, 0) is 37.3 Å². The molecule has 0 aliphatic heterocycles. The average Bonchev–Trinajstić information content (AvgIpc) is 2.78. The van der Waals surface area contributed by atoms with Gasteiger partial charge < -0.3 is 20.3 Å². The maximum Gasteiger partial charge on any atom is 0.309 e. The lowest BCUT2D eigenvalue weighted by Crippen LogP contribution is -2.23. The van der Waals surface area contributed by atoms with Gasteiger partial charge in [-0.15, -0.1) is 0 Å². The summed E-state index contributed by atoms with van der Waals surface area (Å²) in [6.45, 7) is 2.86. The molecule has 6 nitrogen and oxygen atoms in total. The van der Waals surface area contributed by atoms with Gasteiger partial charge in [0.1, 0.15) is 6.61 Å². The molecule has 0 spiro atoms. The fraction of sp³-hybridized carbons (Fsp3) is 0.615. The van der Waals surface area contributed by atoms with Crippen LogP contribution in [-0.4, -0.2) is 41.9 Å². The largest absolute Gasteiger partial charge is 0.481 e. The second-order valence-electron chi connectivity index (χ2n) is 8.14. The van der Waals surface area contributed by atoms with Crippen LogP contribution in [0.5, 0.6) is 0 Å². The number of unbranched alkanes of at least 4 members (excludes halogenated alkanes) is 7. The molecule has 0 radical (unpaired) electrons. The fourth-order valence-corrected chi connectivity index (χ4v) is 3.56. The molecule has 0 aromatic heterocycles. The van der Waals surface area contributed by atoms with Gasteiger partial charge >= 0.3 is 11.9 Å². The van der Waals surface area contributed by atoms with E-state index in [-0.39, 0.29) is 19.6 Å². The Hall–Kier alpha value is -2.34. The number of allylic oxidation sites excluding steroid dienone is 2. The van der Waals surface area contributed by atoms with Crippen LogP contribution in [0.3, 0.4) is 0 Å². The van der Waals surface area contributed by atoms with Crippen molar-refractivity contribution in [2.75, 3.05) is 25.1 Å². The van der Waals surface area contributed by atoms with E-state index in [1.165, 1.54) is 38.5 Å². The maximum absolute atomic E-state index is 12.4. The molecule has 32 heavy (non-hydrogen) atoms. The highest BCUT2D eigenvalue weighted by Gasteiger charge is 2.22. The van der Waals surface area contributed by atoms with E-state index in [2.05, 4.69) is 12.2 Å². The summed E-state index contributed by atoms with van der Waals surface area (Å²) >= 11 is 0. The summed E-state index contributed by atoms with van der Waals surface area (Å²) in [7, 11) is 0. The molecule has 0 bridgehead atoms. The van der Waals surface area contributed by atoms with Gasteiger partial charge in [-0.25, -0.2) is 0 Å². The van der Waals surface area contributed by atoms with Gasteiger partial charge in [0.2, 0.25) is 0 Å². The number of hydrogen-bond donors (Lipinski definition) is 3. The highest BCUT2D eigenvalue weighted by molar-refractivity contribution is 5.79. The van der Waals surface area contributed by atoms with E-state index in [0.717, 1.165) is 24.1 Å². The van der Waals surface area contributed by atoms with Crippen molar-refractivity contribution < 1.29 is 24.5 Å². The third-order valence-electron chi connectivity index (χ3n) is 5.38. The first kappa shape index (κ1) is 27.7. The smallest absolute Gasteiger partial charge is 0.309 e. The maximum atomic E-state index is 12.4. The zero-order chi connectivity index (χ0) is 23.4. The molecule has 0 saturated carbocycles. The molecule has 0 fully saturated rings. The number of aliphatic hydroxyl groups excluding tert-OH is 1. The first-order valence-electron chi connectivity index (χ1n) is 12.0. The van der Waals surface area contributed by atoms with Gasteiger partial charge in [0.25, 0.3) is 0 Å². The van der Waals surface area contributed by atoms with Crippen molar-refractivity contribution in [3.05, 3.63) is 42.0 Å². The summed E-state index contributed by atoms with van der Waals surface area (Å²) in [6, 6.07) is 7.66. The van der Waals surface area contributed by atoms with Crippen molar-refractivity contribution in [1.82, 2.24) is 0 Å². The van der Waals surface area contributed by atoms with Crippen LogP contribution in [0.15, 0.2) is 36.4 Å². The monoisotopic (exact) mass is 447 g/mol. The van der Waals surface area contributed by atoms with Gasteiger partial charge in [0.15, 0.2) is 0 Å². The van der Waals surface area contributed by atoms with Gasteiger partial charge in [0, 0.05) is 18.8 Å². The minimum atomic E-state index is -0.997. The molecule has 1 aromatic rings. The Balaban J connectivity index is 2.31. The van der Waals surface area contributed by atoms with Gasteiger partial charge in [-0.3, -0.25) is 9.59 Å². The summed E-state index contributed by atoms with van der Waals surface area (Å²) in [5.41, 5.74) is 1.89. The summed E-state index contributed by atoms with van der Waals surface area (Å²) < 4.78 is 5.32. The van der Waals surface area contributed by atoms with Crippen molar-refractivity contribution in [2.45, 2.75) is 77.6 Å². The molecular formula is C26H41NO5. The number of anilines is 1. The molecule has 6 heteroatoms. The van der Waals surface area contributed by atoms with E-state index in [4.69, 9.17) is 14.9 Å². The van der Waals surface area contributed by atoms with E-state index in [1.54, 1.807) is 0 Å². The molecular weight excluding hydrogens is 406 g/mol. The second-order valence-corrected chi connectivity index (χ2v) is 8.14. The number of nitrogens with one attached hydrogen (secondary N) is 1. The number of carboxylic acids is 1. The van der Waals surface area contributed by atoms with Gasteiger partial charge in [-0.1, -0.05) is 75.8 Å². The first-order chi connectivity index (χ1) is 15.6. The summed E-state index contributed by atoms with van der Waals surface area (Å²) in [5, 5.41) is 21.5. The fourth-order valence-electron chi connectivity index (χ4n) is 3.56. The van der Waals surface area contributed by atoms with Crippen molar-refractivity contribution in [3.63, 3.8) is 0 Å². The van der Waals surface area contributed by atoms with Crippen LogP contribution < -0.4 is 5.32 Å². The normalized spacial score (nSPS) is 12.1. The van der Waals surface area contributed by atoms with E-state index >= 15 is 0 Å². The number of para-hydroxylation sites is 1. The third-order valence-corrected chi connectivity index (χ3v) is 5.38. The molecule has 1 atom stereocenters. The average molecular weight is 448 g/mol. The van der Waals surface area contributed by atoms with Crippen LogP contribution in [-0.2, 0) is 20.7 Å². The lowest BCUT2D eigenvalue weighted by molar-refractivity contribution is -0.152. The zero-order valence-corrected chi connectivity index (χ0v) is 19.6. The molecule has 180 valence electrons. The molecule has 1 aromatic carbocycles. The van der Waals surface area contributed by atoms with E-state index < -0.39 is 17.9 Å². The van der Waals surface area contributed by atoms with Crippen LogP contribution in [0.25, 0.3) is 0 Å². The quantitative estimate of drug-likeness (QED) is 0.150. The number of carboxylic acid groups (broad SMARTS) is 1. The first-order valence-corrected chi connectivity index (χ1v) is 12.0. The number of rotatable bonds is 19. The second kappa shape index (κ2) is 18.3. The number of hydrogen-bond acceptors (Lipinski definition) is 5. The molecule has 0 aliphatic carbocycles.